The number of amides is 2. The quantitative estimate of drug-likeness (QED) is 0.783. The molecule has 1 unspecified atom stereocenters. The van der Waals surface area contributed by atoms with Gasteiger partial charge in [0.05, 0.1) is 4.90 Å². The minimum atomic E-state index is -3.64. The molecule has 1 aromatic rings. The van der Waals surface area contributed by atoms with Gasteiger partial charge in [0.2, 0.25) is 15.9 Å². The smallest absolute Gasteiger partial charge is 0.253 e. The standard InChI is InChI=1S/C18H26N4O4S/c1-14(23)20-9-11-22(12-10-20)27(25,26)17-6-4-15(5-7-17)18(24)21-8-2-3-16(19)13-21/h4-7,16H,2-3,8-13,19H2,1H3. The maximum absolute atomic E-state index is 12.8. The van der Waals surface area contributed by atoms with Crippen molar-refractivity contribution in [3.8, 4) is 0 Å². The summed E-state index contributed by atoms with van der Waals surface area (Å²) >= 11 is 0. The van der Waals surface area contributed by atoms with Gasteiger partial charge in [-0.3, -0.25) is 9.59 Å². The number of nitrogens with zero attached hydrogens (tertiary/aromatic N) is 3. The molecule has 2 fully saturated rings. The first kappa shape index (κ1) is 19.8. The third-order valence-corrected chi connectivity index (χ3v) is 7.08. The zero-order valence-corrected chi connectivity index (χ0v) is 16.3. The van der Waals surface area contributed by atoms with Gasteiger partial charge in [-0.2, -0.15) is 4.31 Å². The molecule has 8 nitrogen and oxygen atoms in total. The highest BCUT2D eigenvalue weighted by Gasteiger charge is 2.29. The molecule has 148 valence electrons. The van der Waals surface area contributed by atoms with Gasteiger partial charge in [-0.05, 0) is 37.1 Å². The molecule has 1 aromatic carbocycles. The fourth-order valence-corrected chi connectivity index (χ4v) is 4.96. The van der Waals surface area contributed by atoms with Crippen molar-refractivity contribution in [3.63, 3.8) is 0 Å². The van der Waals surface area contributed by atoms with Gasteiger partial charge in [0.1, 0.15) is 0 Å². The van der Waals surface area contributed by atoms with E-state index in [0.29, 0.717) is 31.7 Å². The highest BCUT2D eigenvalue weighted by atomic mass is 32.2. The van der Waals surface area contributed by atoms with E-state index in [-0.39, 0.29) is 35.8 Å². The van der Waals surface area contributed by atoms with Crippen LogP contribution < -0.4 is 5.73 Å². The Labute approximate surface area is 160 Å². The summed E-state index contributed by atoms with van der Waals surface area (Å²) in [6, 6.07) is 6.06. The van der Waals surface area contributed by atoms with Crippen molar-refractivity contribution in [1.82, 2.24) is 14.1 Å². The van der Waals surface area contributed by atoms with Gasteiger partial charge in [0, 0.05) is 57.8 Å². The second-order valence-electron chi connectivity index (χ2n) is 7.09. The van der Waals surface area contributed by atoms with Gasteiger partial charge in [0.15, 0.2) is 0 Å². The van der Waals surface area contributed by atoms with Crippen LogP contribution >= 0.6 is 0 Å². The molecule has 1 atom stereocenters. The number of benzene rings is 1. The van der Waals surface area contributed by atoms with Crippen LogP contribution in [0.5, 0.6) is 0 Å². The Morgan fingerprint density at radius 2 is 1.63 bits per heavy atom. The first-order valence-electron chi connectivity index (χ1n) is 9.19. The molecule has 3 rings (SSSR count). The number of piperidine rings is 1. The summed E-state index contributed by atoms with van der Waals surface area (Å²) in [5.74, 6) is -0.170. The summed E-state index contributed by atoms with van der Waals surface area (Å²) in [6.07, 6.45) is 1.80. The van der Waals surface area contributed by atoms with E-state index in [2.05, 4.69) is 0 Å². The Kier molecular flexibility index (Phi) is 5.83. The molecule has 9 heteroatoms. The van der Waals surface area contributed by atoms with Gasteiger partial charge < -0.3 is 15.5 Å². The second kappa shape index (κ2) is 7.95. The minimum absolute atomic E-state index is 0.00368. The van der Waals surface area contributed by atoms with Crippen molar-refractivity contribution in [2.24, 2.45) is 5.73 Å². The molecule has 0 aliphatic carbocycles. The van der Waals surface area contributed by atoms with Crippen molar-refractivity contribution in [1.29, 1.82) is 0 Å². The topological polar surface area (TPSA) is 104 Å². The van der Waals surface area contributed by atoms with Crippen molar-refractivity contribution in [3.05, 3.63) is 29.8 Å². The molecule has 2 N–H and O–H groups in total. The Morgan fingerprint density at radius 1 is 1.00 bits per heavy atom. The van der Waals surface area contributed by atoms with Crippen LogP contribution in [0.15, 0.2) is 29.2 Å². The number of hydrogen-bond acceptors (Lipinski definition) is 5. The maximum Gasteiger partial charge on any atom is 0.253 e. The predicted molar refractivity (Wildman–Crippen MR) is 101 cm³/mol. The SMILES string of the molecule is CC(=O)N1CCN(S(=O)(=O)c2ccc(C(=O)N3CCCC(N)C3)cc2)CC1. The molecule has 0 aromatic heterocycles. The van der Waals surface area contributed by atoms with Crippen molar-refractivity contribution < 1.29 is 18.0 Å². The number of sulfonamides is 1. The summed E-state index contributed by atoms with van der Waals surface area (Å²) < 4.78 is 27.0. The lowest BCUT2D eigenvalue weighted by molar-refractivity contribution is -0.129. The monoisotopic (exact) mass is 394 g/mol. The van der Waals surface area contributed by atoms with Gasteiger partial charge in [-0.25, -0.2) is 8.42 Å². The van der Waals surface area contributed by atoms with Gasteiger partial charge in [0.25, 0.3) is 5.91 Å². The molecule has 2 amide bonds. The average Bonchev–Trinajstić information content (AvgIpc) is 2.67. The van der Waals surface area contributed by atoms with Crippen LogP contribution in [0, 0.1) is 0 Å². The number of piperazine rings is 1. The maximum atomic E-state index is 12.8. The summed E-state index contributed by atoms with van der Waals surface area (Å²) in [5.41, 5.74) is 6.39. The molecule has 2 aliphatic rings. The van der Waals surface area contributed by atoms with Crippen LogP contribution in [0.4, 0.5) is 0 Å². The number of hydrogen-bond donors (Lipinski definition) is 1. The van der Waals surface area contributed by atoms with E-state index in [1.807, 2.05) is 0 Å². The Bertz CT molecular complexity index is 801. The molecular weight excluding hydrogens is 368 g/mol. The van der Waals surface area contributed by atoms with E-state index >= 15 is 0 Å². The predicted octanol–water partition coefficient (Wildman–Crippen LogP) is 0.103. The normalized spacial score (nSPS) is 21.9. The minimum Gasteiger partial charge on any atom is -0.340 e. The van der Waals surface area contributed by atoms with E-state index in [9.17, 15) is 18.0 Å². The van der Waals surface area contributed by atoms with E-state index in [1.165, 1.54) is 23.4 Å². The average molecular weight is 394 g/mol. The van der Waals surface area contributed by atoms with Gasteiger partial charge >= 0.3 is 0 Å². The number of nitrogens with two attached hydrogens (primary N) is 1. The van der Waals surface area contributed by atoms with E-state index in [1.54, 1.807) is 21.9 Å². The highest BCUT2D eigenvalue weighted by molar-refractivity contribution is 7.89. The Balaban J connectivity index is 1.69. The van der Waals surface area contributed by atoms with Crippen molar-refractivity contribution in [2.45, 2.75) is 30.7 Å². The molecule has 0 spiro atoms. The van der Waals surface area contributed by atoms with Crippen LogP contribution in [0.1, 0.15) is 30.1 Å². The van der Waals surface area contributed by atoms with Crippen molar-refractivity contribution >= 4 is 21.8 Å². The Morgan fingerprint density at radius 3 is 2.19 bits per heavy atom. The lowest BCUT2D eigenvalue weighted by Gasteiger charge is -2.33. The molecule has 0 radical (unpaired) electrons. The van der Waals surface area contributed by atoms with Crippen molar-refractivity contribution in [2.75, 3.05) is 39.3 Å². The number of rotatable bonds is 3. The molecule has 2 aliphatic heterocycles. The molecule has 2 saturated heterocycles. The second-order valence-corrected chi connectivity index (χ2v) is 9.03. The Hall–Kier alpha value is -1.97. The van der Waals surface area contributed by atoms with Crippen LogP contribution in [0.25, 0.3) is 0 Å². The van der Waals surface area contributed by atoms with Crippen LogP contribution in [-0.2, 0) is 14.8 Å². The summed E-state index contributed by atoms with van der Waals surface area (Å²) in [4.78, 5) is 27.5. The molecule has 2 heterocycles. The zero-order valence-electron chi connectivity index (χ0n) is 15.5. The fraction of sp³-hybridized carbons (Fsp3) is 0.556. The summed E-state index contributed by atoms with van der Waals surface area (Å²) in [5, 5.41) is 0. The largest absolute Gasteiger partial charge is 0.340 e. The third kappa shape index (κ3) is 4.31. The van der Waals surface area contributed by atoms with Gasteiger partial charge in [-0.15, -0.1) is 0 Å². The third-order valence-electron chi connectivity index (χ3n) is 5.17. The van der Waals surface area contributed by atoms with Crippen LogP contribution in [0.2, 0.25) is 0 Å². The van der Waals surface area contributed by atoms with Crippen LogP contribution in [-0.4, -0.2) is 79.6 Å². The zero-order chi connectivity index (χ0) is 19.6. The van der Waals surface area contributed by atoms with E-state index in [0.717, 1.165) is 12.8 Å². The number of carbonyl (C=O) groups is 2. The lowest BCUT2D eigenvalue weighted by Crippen LogP contribution is -2.49. The fourth-order valence-electron chi connectivity index (χ4n) is 3.54. The first-order chi connectivity index (χ1) is 12.8. The highest BCUT2D eigenvalue weighted by Crippen LogP contribution is 2.20. The lowest BCUT2D eigenvalue weighted by atomic mass is 10.1. The molecule has 0 bridgehead atoms. The number of carbonyl (C=O) groups excluding carboxylic acids is 2. The van der Waals surface area contributed by atoms with Crippen LogP contribution in [0.3, 0.4) is 0 Å². The molecule has 27 heavy (non-hydrogen) atoms. The van der Waals surface area contributed by atoms with Gasteiger partial charge in [-0.1, -0.05) is 0 Å². The summed E-state index contributed by atoms with van der Waals surface area (Å²) in [6.45, 7) is 4.00. The summed E-state index contributed by atoms with van der Waals surface area (Å²) in [7, 11) is -3.64. The molecule has 0 saturated carbocycles. The van der Waals surface area contributed by atoms with E-state index in [4.69, 9.17) is 5.73 Å². The van der Waals surface area contributed by atoms with E-state index < -0.39 is 10.0 Å². The first-order valence-corrected chi connectivity index (χ1v) is 10.6. The molecular formula is C18H26N4O4S. The number of likely N-dealkylation sites (tertiary alicyclic amines) is 1.